The predicted octanol–water partition coefficient (Wildman–Crippen LogP) is 2.93. The zero-order valence-electron chi connectivity index (χ0n) is 16.3. The van der Waals surface area contributed by atoms with E-state index in [4.69, 9.17) is 14.7 Å². The van der Waals surface area contributed by atoms with E-state index >= 15 is 0 Å². The minimum absolute atomic E-state index is 0.313. The second kappa shape index (κ2) is 9.25. The average molecular weight is 379 g/mol. The van der Waals surface area contributed by atoms with Crippen LogP contribution in [0.4, 0.5) is 5.69 Å². The number of carbonyl (C=O) groups is 1. The molecule has 0 spiro atoms. The normalized spacial score (nSPS) is 17.0. The van der Waals surface area contributed by atoms with Crippen LogP contribution in [0.15, 0.2) is 48.5 Å². The number of hydrogen-bond donors (Lipinski definition) is 0. The number of ether oxygens (including phenoxy) is 2. The number of anilines is 1. The van der Waals surface area contributed by atoms with Crippen LogP contribution in [0.2, 0.25) is 0 Å². The maximum Gasteiger partial charge on any atom is 0.337 e. The highest BCUT2D eigenvalue weighted by atomic mass is 16.5. The van der Waals surface area contributed by atoms with Crippen LogP contribution in [0, 0.1) is 11.3 Å². The van der Waals surface area contributed by atoms with Crippen molar-refractivity contribution in [1.29, 1.82) is 5.26 Å². The summed E-state index contributed by atoms with van der Waals surface area (Å²) in [5.74, 6) is 0.475. The lowest BCUT2D eigenvalue weighted by atomic mass is 10.1. The van der Waals surface area contributed by atoms with Gasteiger partial charge in [-0.2, -0.15) is 5.26 Å². The first-order valence-electron chi connectivity index (χ1n) is 9.41. The van der Waals surface area contributed by atoms with Crippen molar-refractivity contribution in [2.75, 3.05) is 44.8 Å². The summed E-state index contributed by atoms with van der Waals surface area (Å²) in [6.45, 7) is 6.50. The van der Waals surface area contributed by atoms with Crippen LogP contribution >= 0.6 is 0 Å². The minimum atomic E-state index is -0.313. The van der Waals surface area contributed by atoms with Crippen LogP contribution in [-0.4, -0.2) is 56.8 Å². The Morgan fingerprint density at radius 1 is 1.14 bits per heavy atom. The van der Waals surface area contributed by atoms with Crippen molar-refractivity contribution in [3.63, 3.8) is 0 Å². The van der Waals surface area contributed by atoms with Gasteiger partial charge < -0.3 is 14.4 Å². The van der Waals surface area contributed by atoms with Gasteiger partial charge in [-0.1, -0.05) is 0 Å². The predicted molar refractivity (Wildman–Crippen MR) is 108 cm³/mol. The van der Waals surface area contributed by atoms with E-state index in [0.29, 0.717) is 23.8 Å². The summed E-state index contributed by atoms with van der Waals surface area (Å²) in [4.78, 5) is 16.3. The second-order valence-electron chi connectivity index (χ2n) is 6.85. The van der Waals surface area contributed by atoms with Gasteiger partial charge >= 0.3 is 5.97 Å². The third kappa shape index (κ3) is 4.81. The standard InChI is InChI=1S/C22H25N3O3/c1-17-16-25(20-7-5-19(6-8-20)22(26)27-2)12-11-24(17)13-14-28-21-9-3-18(15-23)4-10-21/h3-10,17H,11-14,16H2,1-2H3. The zero-order chi connectivity index (χ0) is 19.9. The molecule has 0 bridgehead atoms. The highest BCUT2D eigenvalue weighted by Crippen LogP contribution is 2.20. The molecule has 0 aromatic heterocycles. The van der Waals surface area contributed by atoms with Crippen molar-refractivity contribution in [3.05, 3.63) is 59.7 Å². The molecule has 1 aliphatic rings. The van der Waals surface area contributed by atoms with E-state index in [1.165, 1.54) is 7.11 Å². The fourth-order valence-corrected chi connectivity index (χ4v) is 3.39. The summed E-state index contributed by atoms with van der Waals surface area (Å²) < 4.78 is 10.6. The summed E-state index contributed by atoms with van der Waals surface area (Å²) in [5.41, 5.74) is 2.32. The fraction of sp³-hybridized carbons (Fsp3) is 0.364. The zero-order valence-corrected chi connectivity index (χ0v) is 16.3. The smallest absolute Gasteiger partial charge is 0.337 e. The Balaban J connectivity index is 1.48. The molecule has 0 saturated carbocycles. The van der Waals surface area contributed by atoms with E-state index in [2.05, 4.69) is 22.8 Å². The van der Waals surface area contributed by atoms with Gasteiger partial charge in [-0.25, -0.2) is 4.79 Å². The number of piperazine rings is 1. The number of rotatable bonds is 6. The topological polar surface area (TPSA) is 65.8 Å². The molecule has 1 unspecified atom stereocenters. The molecule has 0 aliphatic carbocycles. The largest absolute Gasteiger partial charge is 0.492 e. The van der Waals surface area contributed by atoms with E-state index in [-0.39, 0.29) is 5.97 Å². The maximum absolute atomic E-state index is 11.6. The molecule has 146 valence electrons. The van der Waals surface area contributed by atoms with Crippen molar-refractivity contribution in [3.8, 4) is 11.8 Å². The molecule has 0 amide bonds. The number of benzene rings is 2. The Hall–Kier alpha value is -3.04. The summed E-state index contributed by atoms with van der Waals surface area (Å²) in [5, 5.41) is 8.83. The molecule has 3 rings (SSSR count). The highest BCUT2D eigenvalue weighted by Gasteiger charge is 2.23. The molecule has 1 aliphatic heterocycles. The molecule has 1 heterocycles. The quantitative estimate of drug-likeness (QED) is 0.719. The molecule has 6 nitrogen and oxygen atoms in total. The van der Waals surface area contributed by atoms with Gasteiger partial charge in [0.1, 0.15) is 12.4 Å². The SMILES string of the molecule is COC(=O)c1ccc(N2CCN(CCOc3ccc(C#N)cc3)C(C)C2)cc1. The molecule has 2 aromatic carbocycles. The van der Waals surface area contributed by atoms with Gasteiger partial charge in [-0.15, -0.1) is 0 Å². The molecular weight excluding hydrogens is 354 g/mol. The number of methoxy groups -OCH3 is 1. The van der Waals surface area contributed by atoms with E-state index in [0.717, 1.165) is 37.6 Å². The number of carbonyl (C=O) groups excluding carboxylic acids is 1. The van der Waals surface area contributed by atoms with Crippen molar-refractivity contribution in [2.45, 2.75) is 13.0 Å². The van der Waals surface area contributed by atoms with Gasteiger partial charge in [0.05, 0.1) is 24.3 Å². The lowest BCUT2D eigenvalue weighted by Crippen LogP contribution is -2.52. The Labute approximate surface area is 165 Å². The van der Waals surface area contributed by atoms with Crippen LogP contribution in [0.3, 0.4) is 0 Å². The van der Waals surface area contributed by atoms with Gasteiger partial charge in [0.25, 0.3) is 0 Å². The van der Waals surface area contributed by atoms with Crippen molar-refractivity contribution < 1.29 is 14.3 Å². The lowest BCUT2D eigenvalue weighted by molar-refractivity contribution is 0.0600. The monoisotopic (exact) mass is 379 g/mol. The Bertz CT molecular complexity index is 828. The van der Waals surface area contributed by atoms with Crippen molar-refractivity contribution in [1.82, 2.24) is 4.90 Å². The minimum Gasteiger partial charge on any atom is -0.492 e. The van der Waals surface area contributed by atoms with Gasteiger partial charge in [-0.3, -0.25) is 4.90 Å². The van der Waals surface area contributed by atoms with Gasteiger partial charge in [-0.05, 0) is 55.5 Å². The molecule has 1 atom stereocenters. The third-order valence-electron chi connectivity index (χ3n) is 5.05. The molecule has 0 radical (unpaired) electrons. The second-order valence-corrected chi connectivity index (χ2v) is 6.85. The first kappa shape index (κ1) is 19.7. The number of esters is 1. The van der Waals surface area contributed by atoms with E-state index < -0.39 is 0 Å². The maximum atomic E-state index is 11.6. The first-order chi connectivity index (χ1) is 13.6. The molecule has 1 saturated heterocycles. The van der Waals surface area contributed by atoms with Crippen LogP contribution in [0.1, 0.15) is 22.8 Å². The Morgan fingerprint density at radius 2 is 1.86 bits per heavy atom. The van der Waals surface area contributed by atoms with E-state index in [9.17, 15) is 4.79 Å². The van der Waals surface area contributed by atoms with Gasteiger partial charge in [0, 0.05) is 37.9 Å². The molecule has 0 N–H and O–H groups in total. The fourth-order valence-electron chi connectivity index (χ4n) is 3.39. The van der Waals surface area contributed by atoms with Gasteiger partial charge in [0.2, 0.25) is 0 Å². The van der Waals surface area contributed by atoms with E-state index in [1.807, 2.05) is 36.4 Å². The Kier molecular flexibility index (Phi) is 6.51. The third-order valence-corrected chi connectivity index (χ3v) is 5.05. The van der Waals surface area contributed by atoms with Crippen LogP contribution in [0.5, 0.6) is 5.75 Å². The average Bonchev–Trinajstić information content (AvgIpc) is 2.75. The first-order valence-corrected chi connectivity index (χ1v) is 9.41. The van der Waals surface area contributed by atoms with Gasteiger partial charge in [0.15, 0.2) is 0 Å². The lowest BCUT2D eigenvalue weighted by Gasteiger charge is -2.41. The van der Waals surface area contributed by atoms with Crippen LogP contribution in [-0.2, 0) is 4.74 Å². The van der Waals surface area contributed by atoms with Crippen molar-refractivity contribution in [2.24, 2.45) is 0 Å². The molecule has 6 heteroatoms. The summed E-state index contributed by atoms with van der Waals surface area (Å²) in [7, 11) is 1.39. The molecule has 2 aromatic rings. The summed E-state index contributed by atoms with van der Waals surface area (Å²) >= 11 is 0. The summed E-state index contributed by atoms with van der Waals surface area (Å²) in [6.07, 6.45) is 0. The highest BCUT2D eigenvalue weighted by molar-refractivity contribution is 5.89. The number of hydrogen-bond acceptors (Lipinski definition) is 6. The summed E-state index contributed by atoms with van der Waals surface area (Å²) in [6, 6.07) is 17.3. The van der Waals surface area contributed by atoms with Crippen LogP contribution in [0.25, 0.3) is 0 Å². The van der Waals surface area contributed by atoms with Crippen LogP contribution < -0.4 is 9.64 Å². The molecule has 1 fully saturated rings. The number of nitrogens with zero attached hydrogens (tertiary/aromatic N) is 3. The van der Waals surface area contributed by atoms with E-state index in [1.54, 1.807) is 12.1 Å². The number of nitriles is 1. The molecular formula is C22H25N3O3. The Morgan fingerprint density at radius 3 is 2.46 bits per heavy atom. The van der Waals surface area contributed by atoms with Crippen molar-refractivity contribution >= 4 is 11.7 Å². The molecule has 28 heavy (non-hydrogen) atoms.